The number of piperidine rings is 1. The molecule has 1 amide bonds. The number of rotatable bonds is 3. The monoisotopic (exact) mass is 403 g/mol. The number of aromatic nitrogens is 1. The van der Waals surface area contributed by atoms with Gasteiger partial charge < -0.3 is 4.90 Å². The van der Waals surface area contributed by atoms with E-state index in [1.807, 2.05) is 24.0 Å². The summed E-state index contributed by atoms with van der Waals surface area (Å²) in [6.07, 6.45) is 10.4. The van der Waals surface area contributed by atoms with E-state index in [1.54, 1.807) is 17.3 Å². The minimum Gasteiger partial charge on any atom is -0.339 e. The summed E-state index contributed by atoms with van der Waals surface area (Å²) in [5.74, 6) is 0.695. The molecular formula is C26H33N3O. The van der Waals surface area contributed by atoms with Crippen LogP contribution in [0, 0.1) is 6.92 Å². The molecule has 1 aliphatic carbocycles. The number of carbonyl (C=O) groups is 1. The van der Waals surface area contributed by atoms with Crippen molar-refractivity contribution in [1.82, 2.24) is 14.8 Å². The molecule has 4 nitrogen and oxygen atoms in total. The Balaban J connectivity index is 1.21. The van der Waals surface area contributed by atoms with Gasteiger partial charge in [0, 0.05) is 44.1 Å². The predicted molar refractivity (Wildman–Crippen MR) is 120 cm³/mol. The van der Waals surface area contributed by atoms with Gasteiger partial charge in [-0.25, -0.2) is 0 Å². The molecule has 0 atom stereocenters. The number of hydrogen-bond donors (Lipinski definition) is 0. The van der Waals surface area contributed by atoms with Gasteiger partial charge in [-0.15, -0.1) is 0 Å². The van der Waals surface area contributed by atoms with Crippen molar-refractivity contribution in [2.45, 2.75) is 63.8 Å². The lowest BCUT2D eigenvalue weighted by Crippen LogP contribution is -2.41. The second kappa shape index (κ2) is 8.50. The van der Waals surface area contributed by atoms with Gasteiger partial charge >= 0.3 is 0 Å². The number of benzene rings is 1. The van der Waals surface area contributed by atoms with Crippen LogP contribution in [0.2, 0.25) is 0 Å². The molecule has 1 saturated carbocycles. The smallest absolute Gasteiger partial charge is 0.255 e. The van der Waals surface area contributed by atoms with Crippen molar-refractivity contribution in [3.8, 4) is 0 Å². The molecule has 1 aromatic heterocycles. The Morgan fingerprint density at radius 1 is 0.933 bits per heavy atom. The summed E-state index contributed by atoms with van der Waals surface area (Å²) < 4.78 is 0. The van der Waals surface area contributed by atoms with E-state index in [1.165, 1.54) is 50.8 Å². The third-order valence-electron chi connectivity index (χ3n) is 7.57. The Morgan fingerprint density at radius 2 is 1.70 bits per heavy atom. The number of pyridine rings is 1. The van der Waals surface area contributed by atoms with E-state index in [0.29, 0.717) is 11.5 Å². The third kappa shape index (κ3) is 4.02. The first-order valence-electron chi connectivity index (χ1n) is 11.7. The molecule has 0 N–H and O–H groups in total. The maximum absolute atomic E-state index is 12.8. The molecule has 3 aliphatic rings. The van der Waals surface area contributed by atoms with Gasteiger partial charge in [-0.1, -0.05) is 24.6 Å². The molecule has 2 fully saturated rings. The van der Waals surface area contributed by atoms with Gasteiger partial charge in [-0.05, 0) is 80.2 Å². The van der Waals surface area contributed by atoms with Crippen LogP contribution in [0.15, 0.2) is 36.5 Å². The average Bonchev–Trinajstić information content (AvgIpc) is 2.95. The van der Waals surface area contributed by atoms with Crippen molar-refractivity contribution in [2.75, 3.05) is 26.2 Å². The lowest BCUT2D eigenvalue weighted by molar-refractivity contribution is 0.0712. The molecule has 0 radical (unpaired) electrons. The fraction of sp³-hybridized carbons (Fsp3) is 0.538. The van der Waals surface area contributed by atoms with E-state index in [0.717, 1.165) is 37.7 Å². The number of carbonyl (C=O) groups excluding carboxylic acids is 1. The molecule has 1 aromatic carbocycles. The van der Waals surface area contributed by atoms with Crippen LogP contribution in [-0.2, 0) is 12.8 Å². The second-order valence-electron chi connectivity index (χ2n) is 9.40. The molecule has 1 saturated heterocycles. The van der Waals surface area contributed by atoms with Crippen molar-refractivity contribution in [3.63, 3.8) is 0 Å². The van der Waals surface area contributed by atoms with E-state index in [9.17, 15) is 4.79 Å². The summed E-state index contributed by atoms with van der Waals surface area (Å²) in [7, 11) is 0. The lowest BCUT2D eigenvalue weighted by atomic mass is 9.86. The van der Waals surface area contributed by atoms with E-state index >= 15 is 0 Å². The molecule has 2 aliphatic heterocycles. The molecule has 0 spiro atoms. The lowest BCUT2D eigenvalue weighted by Gasteiger charge is -2.36. The third-order valence-corrected chi connectivity index (χ3v) is 7.57. The molecule has 158 valence electrons. The summed E-state index contributed by atoms with van der Waals surface area (Å²) in [5.41, 5.74) is 6.26. The Labute approximate surface area is 180 Å². The average molecular weight is 404 g/mol. The van der Waals surface area contributed by atoms with Crippen LogP contribution in [0.3, 0.4) is 0 Å². The molecule has 2 aromatic rings. The fourth-order valence-corrected chi connectivity index (χ4v) is 5.33. The van der Waals surface area contributed by atoms with Gasteiger partial charge in [0.1, 0.15) is 0 Å². The van der Waals surface area contributed by atoms with E-state index < -0.39 is 0 Å². The summed E-state index contributed by atoms with van der Waals surface area (Å²) in [4.78, 5) is 21.8. The zero-order chi connectivity index (χ0) is 20.5. The minimum absolute atomic E-state index is 0.124. The first-order chi connectivity index (χ1) is 14.7. The van der Waals surface area contributed by atoms with Gasteiger partial charge in [0.15, 0.2) is 0 Å². The Kier molecular flexibility index (Phi) is 5.60. The van der Waals surface area contributed by atoms with E-state index in [2.05, 4.69) is 28.1 Å². The van der Waals surface area contributed by atoms with Gasteiger partial charge in [0.05, 0.1) is 5.56 Å². The Morgan fingerprint density at radius 3 is 2.37 bits per heavy atom. The molecule has 0 bridgehead atoms. The van der Waals surface area contributed by atoms with Crippen LogP contribution in [-0.4, -0.2) is 52.9 Å². The molecule has 30 heavy (non-hydrogen) atoms. The number of aryl methyl sites for hydroxylation is 1. The first-order valence-corrected chi connectivity index (χ1v) is 11.7. The highest BCUT2D eigenvalue weighted by atomic mass is 16.2. The Bertz CT molecular complexity index is 895. The van der Waals surface area contributed by atoms with Crippen LogP contribution in [0.4, 0.5) is 0 Å². The van der Waals surface area contributed by atoms with Gasteiger partial charge in [0.25, 0.3) is 5.91 Å². The van der Waals surface area contributed by atoms with Crippen molar-refractivity contribution in [2.24, 2.45) is 0 Å². The summed E-state index contributed by atoms with van der Waals surface area (Å²) in [6, 6.07) is 11.9. The maximum atomic E-state index is 12.8. The maximum Gasteiger partial charge on any atom is 0.255 e. The molecule has 3 heterocycles. The normalized spacial score (nSPS) is 21.0. The zero-order valence-electron chi connectivity index (χ0n) is 18.1. The molecule has 0 unspecified atom stereocenters. The summed E-state index contributed by atoms with van der Waals surface area (Å²) in [5, 5.41) is 0. The minimum atomic E-state index is 0.124. The van der Waals surface area contributed by atoms with Gasteiger partial charge in [-0.2, -0.15) is 0 Å². The van der Waals surface area contributed by atoms with Crippen LogP contribution in [0.5, 0.6) is 0 Å². The largest absolute Gasteiger partial charge is 0.339 e. The highest BCUT2D eigenvalue weighted by molar-refractivity contribution is 5.94. The molecule has 4 heteroatoms. The van der Waals surface area contributed by atoms with Crippen LogP contribution < -0.4 is 0 Å². The zero-order valence-corrected chi connectivity index (χ0v) is 18.1. The van der Waals surface area contributed by atoms with Crippen LogP contribution >= 0.6 is 0 Å². The molecule has 5 rings (SSSR count). The Hall–Kier alpha value is -2.20. The molecular weight excluding hydrogens is 370 g/mol. The van der Waals surface area contributed by atoms with Crippen molar-refractivity contribution >= 4 is 5.91 Å². The first kappa shape index (κ1) is 19.7. The van der Waals surface area contributed by atoms with Crippen molar-refractivity contribution in [3.05, 3.63) is 64.5 Å². The van der Waals surface area contributed by atoms with Crippen LogP contribution in [0.1, 0.15) is 70.8 Å². The van der Waals surface area contributed by atoms with E-state index in [-0.39, 0.29) is 5.91 Å². The van der Waals surface area contributed by atoms with E-state index in [4.69, 9.17) is 0 Å². The standard InChI is InChI=1S/C26H33N3O/c1-19-5-6-24(18-27-19)26(30)29-15-10-21(11-16-29)22-8-7-20-9-13-28(25-3-2-4-25)14-12-23(20)17-22/h5-8,17-18,21,25H,2-4,9-16H2,1H3. The van der Waals surface area contributed by atoms with Gasteiger partial charge in [-0.3, -0.25) is 14.7 Å². The number of amides is 1. The van der Waals surface area contributed by atoms with Crippen molar-refractivity contribution in [1.29, 1.82) is 0 Å². The number of hydrogen-bond acceptors (Lipinski definition) is 3. The second-order valence-corrected chi connectivity index (χ2v) is 9.40. The number of fused-ring (bicyclic) bond motifs is 1. The topological polar surface area (TPSA) is 36.4 Å². The van der Waals surface area contributed by atoms with Crippen molar-refractivity contribution < 1.29 is 4.79 Å². The summed E-state index contributed by atoms with van der Waals surface area (Å²) >= 11 is 0. The van der Waals surface area contributed by atoms with Gasteiger partial charge in [0.2, 0.25) is 0 Å². The SMILES string of the molecule is Cc1ccc(C(=O)N2CCC(c3ccc4c(c3)CCN(C3CCC3)CC4)CC2)cn1. The number of nitrogens with zero attached hydrogens (tertiary/aromatic N) is 3. The number of likely N-dealkylation sites (tertiary alicyclic amines) is 1. The highest BCUT2D eigenvalue weighted by Crippen LogP contribution is 2.32. The van der Waals surface area contributed by atoms with Crippen LogP contribution in [0.25, 0.3) is 0 Å². The predicted octanol–water partition coefficient (Wildman–Crippen LogP) is 4.36. The summed E-state index contributed by atoms with van der Waals surface area (Å²) in [6.45, 7) is 6.07. The quantitative estimate of drug-likeness (QED) is 0.764. The highest BCUT2D eigenvalue weighted by Gasteiger charge is 2.28. The fourth-order valence-electron chi connectivity index (χ4n) is 5.33.